The summed E-state index contributed by atoms with van der Waals surface area (Å²) in [4.78, 5) is 17.6. The first-order chi connectivity index (χ1) is 11.2. The molecule has 2 heterocycles. The van der Waals surface area contributed by atoms with Gasteiger partial charge in [-0.25, -0.2) is 4.98 Å². The van der Waals surface area contributed by atoms with Crippen molar-refractivity contribution in [1.82, 2.24) is 15.2 Å². The van der Waals surface area contributed by atoms with E-state index < -0.39 is 0 Å². The van der Waals surface area contributed by atoms with Crippen molar-refractivity contribution in [2.45, 2.75) is 25.7 Å². The molecule has 0 bridgehead atoms. The van der Waals surface area contributed by atoms with Crippen molar-refractivity contribution in [2.75, 3.05) is 5.32 Å². The standard InChI is InChI=1S/C16H14N4OS2/c1-9-12(22-14(17-9)10-5-3-2-4-6-10)13(21)18-16-20-19-15(23-16)11-7-8-11/h2-6,11H,7-8H2,1H3,(H,18,20,21). The van der Waals surface area contributed by atoms with Crippen LogP contribution >= 0.6 is 22.7 Å². The summed E-state index contributed by atoms with van der Waals surface area (Å²) in [6.45, 7) is 1.85. The van der Waals surface area contributed by atoms with E-state index >= 15 is 0 Å². The van der Waals surface area contributed by atoms with Gasteiger partial charge in [0.15, 0.2) is 0 Å². The molecule has 0 radical (unpaired) electrons. The van der Waals surface area contributed by atoms with Crippen molar-refractivity contribution in [1.29, 1.82) is 0 Å². The molecule has 23 heavy (non-hydrogen) atoms. The molecule has 1 saturated carbocycles. The maximum absolute atomic E-state index is 12.5. The molecule has 1 fully saturated rings. The van der Waals surface area contributed by atoms with Crippen LogP contribution in [-0.2, 0) is 0 Å². The summed E-state index contributed by atoms with van der Waals surface area (Å²) in [5, 5.41) is 13.5. The Morgan fingerprint density at radius 1 is 1.17 bits per heavy atom. The normalized spacial score (nSPS) is 14.0. The van der Waals surface area contributed by atoms with Crippen LogP contribution in [0.4, 0.5) is 5.13 Å². The highest BCUT2D eigenvalue weighted by atomic mass is 32.1. The van der Waals surface area contributed by atoms with Gasteiger partial charge in [0.1, 0.15) is 14.9 Å². The Morgan fingerprint density at radius 3 is 2.70 bits per heavy atom. The summed E-state index contributed by atoms with van der Waals surface area (Å²) in [5.74, 6) is 0.383. The van der Waals surface area contributed by atoms with Gasteiger partial charge in [-0.1, -0.05) is 41.7 Å². The Kier molecular flexibility index (Phi) is 3.66. The van der Waals surface area contributed by atoms with Gasteiger partial charge >= 0.3 is 0 Å². The van der Waals surface area contributed by atoms with Crippen LogP contribution in [0.15, 0.2) is 30.3 Å². The molecule has 0 spiro atoms. The average molecular weight is 342 g/mol. The lowest BCUT2D eigenvalue weighted by molar-refractivity contribution is 0.102. The molecular weight excluding hydrogens is 328 g/mol. The van der Waals surface area contributed by atoms with Gasteiger partial charge in [0, 0.05) is 11.5 Å². The zero-order valence-corrected chi connectivity index (χ0v) is 14.1. The van der Waals surface area contributed by atoms with Gasteiger partial charge in [0.05, 0.1) is 5.69 Å². The number of hydrogen-bond acceptors (Lipinski definition) is 6. The van der Waals surface area contributed by atoms with Crippen molar-refractivity contribution in [3.8, 4) is 10.6 Å². The summed E-state index contributed by atoms with van der Waals surface area (Å²) in [6, 6.07) is 9.88. The first-order valence-corrected chi connectivity index (χ1v) is 9.01. The van der Waals surface area contributed by atoms with Crippen LogP contribution in [0.5, 0.6) is 0 Å². The molecular formula is C16H14N4OS2. The zero-order chi connectivity index (χ0) is 15.8. The molecule has 0 saturated heterocycles. The maximum Gasteiger partial charge on any atom is 0.269 e. The summed E-state index contributed by atoms with van der Waals surface area (Å²) >= 11 is 2.86. The van der Waals surface area contributed by atoms with E-state index in [1.165, 1.54) is 35.5 Å². The molecule has 0 unspecified atom stereocenters. The van der Waals surface area contributed by atoms with Crippen molar-refractivity contribution in [3.05, 3.63) is 45.9 Å². The second-order valence-electron chi connectivity index (χ2n) is 5.47. The molecule has 4 rings (SSSR count). The first kappa shape index (κ1) is 14.5. The van der Waals surface area contributed by atoms with E-state index in [0.29, 0.717) is 15.9 Å². The van der Waals surface area contributed by atoms with Crippen molar-refractivity contribution in [3.63, 3.8) is 0 Å². The van der Waals surface area contributed by atoms with Gasteiger partial charge in [0.2, 0.25) is 5.13 Å². The quantitative estimate of drug-likeness (QED) is 0.775. The molecule has 1 aliphatic carbocycles. The SMILES string of the molecule is Cc1nc(-c2ccccc2)sc1C(=O)Nc1nnc(C2CC2)s1. The third kappa shape index (κ3) is 3.02. The van der Waals surface area contributed by atoms with Crippen LogP contribution in [-0.4, -0.2) is 21.1 Å². The molecule has 5 nitrogen and oxygen atoms in total. The lowest BCUT2D eigenvalue weighted by Crippen LogP contribution is -2.11. The summed E-state index contributed by atoms with van der Waals surface area (Å²) in [5.41, 5.74) is 1.75. The number of thiazole rings is 1. The van der Waals surface area contributed by atoms with E-state index in [9.17, 15) is 4.79 Å². The van der Waals surface area contributed by atoms with Gasteiger partial charge in [0.25, 0.3) is 5.91 Å². The fourth-order valence-corrected chi connectivity index (χ4v) is 4.12. The van der Waals surface area contributed by atoms with Crippen molar-refractivity contribution >= 4 is 33.7 Å². The summed E-state index contributed by atoms with van der Waals surface area (Å²) in [6.07, 6.45) is 2.36. The smallest absolute Gasteiger partial charge is 0.269 e. The Morgan fingerprint density at radius 2 is 1.96 bits per heavy atom. The van der Waals surface area contributed by atoms with E-state index in [4.69, 9.17) is 0 Å². The predicted octanol–water partition coefficient (Wildman–Crippen LogP) is 4.10. The maximum atomic E-state index is 12.5. The fourth-order valence-electron chi connectivity index (χ4n) is 2.25. The average Bonchev–Trinajstić information content (AvgIpc) is 3.19. The van der Waals surface area contributed by atoms with Crippen LogP contribution in [0.2, 0.25) is 0 Å². The number of carbonyl (C=O) groups excluding carboxylic acids is 1. The third-order valence-electron chi connectivity index (χ3n) is 3.61. The number of amides is 1. The lowest BCUT2D eigenvalue weighted by atomic mass is 10.2. The van der Waals surface area contributed by atoms with E-state index in [1.54, 1.807) is 0 Å². The Hall–Kier alpha value is -2.12. The van der Waals surface area contributed by atoms with Crippen LogP contribution in [0, 0.1) is 6.92 Å². The van der Waals surface area contributed by atoms with Gasteiger partial charge < -0.3 is 0 Å². The third-order valence-corrected chi connectivity index (χ3v) is 5.82. The molecule has 1 aliphatic rings. The second-order valence-corrected chi connectivity index (χ2v) is 7.48. The minimum Gasteiger partial charge on any atom is -0.296 e. The number of hydrogen-bond donors (Lipinski definition) is 1. The molecule has 1 N–H and O–H groups in total. The molecule has 1 aromatic carbocycles. The van der Waals surface area contributed by atoms with Crippen LogP contribution in [0.25, 0.3) is 10.6 Å². The number of anilines is 1. The lowest BCUT2D eigenvalue weighted by Gasteiger charge is -1.98. The minimum absolute atomic E-state index is 0.166. The molecule has 2 aromatic heterocycles. The van der Waals surface area contributed by atoms with E-state index in [-0.39, 0.29) is 5.91 Å². The van der Waals surface area contributed by atoms with Crippen LogP contribution in [0.1, 0.15) is 39.1 Å². The molecule has 0 aliphatic heterocycles. The van der Waals surface area contributed by atoms with Gasteiger partial charge in [-0.15, -0.1) is 21.5 Å². The highest BCUT2D eigenvalue weighted by molar-refractivity contribution is 7.17. The molecule has 3 aromatic rings. The zero-order valence-electron chi connectivity index (χ0n) is 12.4. The van der Waals surface area contributed by atoms with E-state index in [2.05, 4.69) is 20.5 Å². The van der Waals surface area contributed by atoms with Crippen LogP contribution in [0.3, 0.4) is 0 Å². The highest BCUT2D eigenvalue weighted by Crippen LogP contribution is 2.42. The number of benzene rings is 1. The second kappa shape index (κ2) is 5.82. The number of nitrogens with zero attached hydrogens (tertiary/aromatic N) is 3. The molecule has 0 atom stereocenters. The Balaban J connectivity index is 1.54. The fraction of sp³-hybridized carbons (Fsp3) is 0.250. The van der Waals surface area contributed by atoms with Gasteiger partial charge in [-0.2, -0.15) is 0 Å². The van der Waals surface area contributed by atoms with Crippen molar-refractivity contribution < 1.29 is 4.79 Å². The summed E-state index contributed by atoms with van der Waals surface area (Å²) < 4.78 is 0. The molecule has 7 heteroatoms. The van der Waals surface area contributed by atoms with Crippen molar-refractivity contribution in [2.24, 2.45) is 0 Å². The number of rotatable bonds is 4. The largest absolute Gasteiger partial charge is 0.296 e. The van der Waals surface area contributed by atoms with Gasteiger partial charge in [-0.05, 0) is 19.8 Å². The van der Waals surface area contributed by atoms with E-state index in [1.807, 2.05) is 37.3 Å². The number of carbonyl (C=O) groups is 1. The van der Waals surface area contributed by atoms with Crippen LogP contribution < -0.4 is 5.32 Å². The summed E-state index contributed by atoms with van der Waals surface area (Å²) in [7, 11) is 0. The minimum atomic E-state index is -0.166. The van der Waals surface area contributed by atoms with Gasteiger partial charge in [-0.3, -0.25) is 10.1 Å². The number of aryl methyl sites for hydroxylation is 1. The highest BCUT2D eigenvalue weighted by Gasteiger charge is 2.28. The number of aromatic nitrogens is 3. The Bertz CT molecular complexity index is 852. The topological polar surface area (TPSA) is 67.8 Å². The monoisotopic (exact) mass is 342 g/mol. The Labute approximate surface area is 141 Å². The predicted molar refractivity (Wildman–Crippen MR) is 92.1 cm³/mol. The number of nitrogens with one attached hydrogen (secondary N) is 1. The van der Waals surface area contributed by atoms with E-state index in [0.717, 1.165) is 21.3 Å². The molecule has 116 valence electrons. The molecule has 1 amide bonds. The first-order valence-electron chi connectivity index (χ1n) is 7.38.